The summed E-state index contributed by atoms with van der Waals surface area (Å²) in [6.07, 6.45) is 4.98. The molecule has 0 aliphatic rings. The third-order valence-corrected chi connectivity index (χ3v) is 4.24. The summed E-state index contributed by atoms with van der Waals surface area (Å²) in [5.74, 6) is 0.235. The van der Waals surface area contributed by atoms with Crippen molar-refractivity contribution in [2.75, 3.05) is 17.2 Å². The first-order valence-corrected chi connectivity index (χ1v) is 8.54. The Bertz CT molecular complexity index is 675. The minimum absolute atomic E-state index is 0.250. The number of benzene rings is 1. The van der Waals surface area contributed by atoms with Crippen LogP contribution in [0.2, 0.25) is 0 Å². The topological polar surface area (TPSA) is 66.9 Å². The number of nitrogens with one attached hydrogen (secondary N) is 2. The third kappa shape index (κ3) is 5.32. The van der Waals surface area contributed by atoms with Crippen molar-refractivity contribution in [2.24, 2.45) is 0 Å². The fraction of sp³-hybridized carbons (Fsp3) is 0.353. The number of carbonyl (C=O) groups excluding carboxylic acids is 1. The van der Waals surface area contributed by atoms with Gasteiger partial charge in [0.05, 0.1) is 0 Å². The zero-order chi connectivity index (χ0) is 16.7. The SMILES string of the molecule is CCCCCNc1nccc(C(=O)Nc2ccc(C)c(Br)c2)n1. The summed E-state index contributed by atoms with van der Waals surface area (Å²) in [7, 11) is 0. The lowest BCUT2D eigenvalue weighted by molar-refractivity contribution is 0.102. The molecule has 0 saturated heterocycles. The van der Waals surface area contributed by atoms with Gasteiger partial charge in [0, 0.05) is 22.9 Å². The van der Waals surface area contributed by atoms with E-state index < -0.39 is 0 Å². The minimum Gasteiger partial charge on any atom is -0.354 e. The highest BCUT2D eigenvalue weighted by Gasteiger charge is 2.09. The number of halogens is 1. The van der Waals surface area contributed by atoms with E-state index in [0.29, 0.717) is 11.6 Å². The fourth-order valence-corrected chi connectivity index (χ4v) is 2.39. The predicted molar refractivity (Wildman–Crippen MR) is 96.9 cm³/mol. The molecule has 0 aliphatic carbocycles. The molecule has 2 aromatic rings. The number of carbonyl (C=O) groups is 1. The second-order valence-electron chi connectivity index (χ2n) is 5.32. The van der Waals surface area contributed by atoms with Gasteiger partial charge in [0.1, 0.15) is 5.69 Å². The van der Waals surface area contributed by atoms with E-state index in [1.54, 1.807) is 12.3 Å². The van der Waals surface area contributed by atoms with Crippen molar-refractivity contribution >= 4 is 33.5 Å². The van der Waals surface area contributed by atoms with Gasteiger partial charge in [0.15, 0.2) is 0 Å². The summed E-state index contributed by atoms with van der Waals surface area (Å²) in [5, 5.41) is 5.99. The van der Waals surface area contributed by atoms with E-state index in [9.17, 15) is 4.79 Å². The van der Waals surface area contributed by atoms with Gasteiger partial charge >= 0.3 is 0 Å². The highest BCUT2D eigenvalue weighted by atomic mass is 79.9. The number of amides is 1. The number of aromatic nitrogens is 2. The van der Waals surface area contributed by atoms with E-state index in [1.807, 2.05) is 25.1 Å². The molecular weight excluding hydrogens is 356 g/mol. The predicted octanol–water partition coefficient (Wildman–Crippen LogP) is 4.40. The molecule has 23 heavy (non-hydrogen) atoms. The highest BCUT2D eigenvalue weighted by Crippen LogP contribution is 2.21. The van der Waals surface area contributed by atoms with Gasteiger partial charge in [-0.05, 0) is 37.1 Å². The lowest BCUT2D eigenvalue weighted by Gasteiger charge is -2.08. The molecule has 1 aromatic heterocycles. The Morgan fingerprint density at radius 1 is 1.26 bits per heavy atom. The normalized spacial score (nSPS) is 10.4. The van der Waals surface area contributed by atoms with Crippen molar-refractivity contribution in [3.05, 3.63) is 46.2 Å². The molecule has 2 rings (SSSR count). The molecule has 0 radical (unpaired) electrons. The fourth-order valence-electron chi connectivity index (χ4n) is 2.01. The monoisotopic (exact) mass is 376 g/mol. The van der Waals surface area contributed by atoms with Gasteiger partial charge in [-0.3, -0.25) is 4.79 Å². The highest BCUT2D eigenvalue weighted by molar-refractivity contribution is 9.10. The molecule has 1 aromatic carbocycles. The molecule has 0 spiro atoms. The van der Waals surface area contributed by atoms with Gasteiger partial charge in [-0.15, -0.1) is 0 Å². The van der Waals surface area contributed by atoms with E-state index in [0.717, 1.165) is 41.5 Å². The zero-order valence-electron chi connectivity index (χ0n) is 13.4. The van der Waals surface area contributed by atoms with Crippen LogP contribution in [0.15, 0.2) is 34.9 Å². The second kappa shape index (κ2) is 8.62. The first kappa shape index (κ1) is 17.4. The molecule has 0 saturated carbocycles. The van der Waals surface area contributed by atoms with Crippen molar-refractivity contribution < 1.29 is 4.79 Å². The molecule has 122 valence electrons. The summed E-state index contributed by atoms with van der Waals surface area (Å²) in [6, 6.07) is 7.29. The molecule has 0 atom stereocenters. The van der Waals surface area contributed by atoms with Crippen LogP contribution >= 0.6 is 15.9 Å². The number of rotatable bonds is 7. The van der Waals surface area contributed by atoms with Gasteiger partial charge in [-0.2, -0.15) is 0 Å². The number of nitrogens with zero attached hydrogens (tertiary/aromatic N) is 2. The molecule has 6 heteroatoms. The average molecular weight is 377 g/mol. The van der Waals surface area contributed by atoms with Crippen LogP contribution in [0.25, 0.3) is 0 Å². The second-order valence-corrected chi connectivity index (χ2v) is 6.17. The van der Waals surface area contributed by atoms with Gasteiger partial charge in [0.2, 0.25) is 5.95 Å². The Kier molecular flexibility index (Phi) is 6.52. The van der Waals surface area contributed by atoms with Crippen LogP contribution in [0.1, 0.15) is 42.2 Å². The Labute approximate surface area is 145 Å². The summed E-state index contributed by atoms with van der Waals surface area (Å²) in [4.78, 5) is 20.7. The van der Waals surface area contributed by atoms with Crippen molar-refractivity contribution in [3.63, 3.8) is 0 Å². The van der Waals surface area contributed by atoms with E-state index in [-0.39, 0.29) is 5.91 Å². The molecule has 0 aliphatic heterocycles. The first-order valence-electron chi connectivity index (χ1n) is 7.74. The van der Waals surface area contributed by atoms with Crippen molar-refractivity contribution in [3.8, 4) is 0 Å². The Balaban J connectivity index is 2.00. The van der Waals surface area contributed by atoms with Gasteiger partial charge in [-0.25, -0.2) is 9.97 Å². The summed E-state index contributed by atoms with van der Waals surface area (Å²) >= 11 is 3.46. The number of anilines is 2. The molecule has 1 amide bonds. The molecule has 2 N–H and O–H groups in total. The quantitative estimate of drug-likeness (QED) is 0.702. The summed E-state index contributed by atoms with van der Waals surface area (Å²) in [6.45, 7) is 4.96. The molecule has 0 unspecified atom stereocenters. The van der Waals surface area contributed by atoms with E-state index in [4.69, 9.17) is 0 Å². The smallest absolute Gasteiger partial charge is 0.274 e. The van der Waals surface area contributed by atoms with Gasteiger partial charge < -0.3 is 10.6 Å². The summed E-state index contributed by atoms with van der Waals surface area (Å²) in [5.41, 5.74) is 2.18. The molecule has 0 fully saturated rings. The van der Waals surface area contributed by atoms with Crippen LogP contribution in [-0.4, -0.2) is 22.4 Å². The number of hydrogen-bond acceptors (Lipinski definition) is 4. The van der Waals surface area contributed by atoms with Crippen molar-refractivity contribution in [1.29, 1.82) is 0 Å². The largest absolute Gasteiger partial charge is 0.354 e. The molecule has 5 nitrogen and oxygen atoms in total. The Morgan fingerprint density at radius 2 is 2.09 bits per heavy atom. The standard InChI is InChI=1S/C17H21BrN4O/c1-3-4-5-9-19-17-20-10-8-15(22-17)16(23)21-13-7-6-12(2)14(18)11-13/h6-8,10-11H,3-5,9H2,1-2H3,(H,21,23)(H,19,20,22). The summed E-state index contributed by atoms with van der Waals surface area (Å²) < 4.78 is 0.955. The van der Waals surface area contributed by atoms with Crippen LogP contribution in [0, 0.1) is 6.92 Å². The van der Waals surface area contributed by atoms with Gasteiger partial charge in [0.25, 0.3) is 5.91 Å². The Hall–Kier alpha value is -1.95. The third-order valence-electron chi connectivity index (χ3n) is 3.38. The van der Waals surface area contributed by atoms with Crippen LogP contribution < -0.4 is 10.6 Å². The lowest BCUT2D eigenvalue weighted by atomic mass is 10.2. The van der Waals surface area contributed by atoms with Crippen LogP contribution in [-0.2, 0) is 0 Å². The van der Waals surface area contributed by atoms with Crippen LogP contribution in [0.5, 0.6) is 0 Å². The Morgan fingerprint density at radius 3 is 2.83 bits per heavy atom. The van der Waals surface area contributed by atoms with E-state index in [2.05, 4.69) is 43.5 Å². The number of aryl methyl sites for hydroxylation is 1. The van der Waals surface area contributed by atoms with E-state index in [1.165, 1.54) is 0 Å². The average Bonchev–Trinajstić information content (AvgIpc) is 2.55. The van der Waals surface area contributed by atoms with Crippen LogP contribution in [0.4, 0.5) is 11.6 Å². The lowest BCUT2D eigenvalue weighted by Crippen LogP contribution is -2.15. The van der Waals surface area contributed by atoms with Crippen molar-refractivity contribution in [2.45, 2.75) is 33.1 Å². The van der Waals surface area contributed by atoms with Crippen molar-refractivity contribution in [1.82, 2.24) is 9.97 Å². The molecule has 0 bridgehead atoms. The molecular formula is C17H21BrN4O. The van der Waals surface area contributed by atoms with E-state index >= 15 is 0 Å². The number of hydrogen-bond donors (Lipinski definition) is 2. The van der Waals surface area contributed by atoms with Crippen LogP contribution in [0.3, 0.4) is 0 Å². The maximum absolute atomic E-state index is 12.3. The number of unbranched alkanes of at least 4 members (excludes halogenated alkanes) is 2. The maximum Gasteiger partial charge on any atom is 0.274 e. The maximum atomic E-state index is 12.3. The van der Waals surface area contributed by atoms with Gasteiger partial charge in [-0.1, -0.05) is 41.8 Å². The zero-order valence-corrected chi connectivity index (χ0v) is 15.0. The minimum atomic E-state index is -0.250. The first-order chi connectivity index (χ1) is 11.1. The molecule has 1 heterocycles.